The van der Waals surface area contributed by atoms with E-state index in [1.165, 1.54) is 0 Å². The van der Waals surface area contributed by atoms with Gasteiger partial charge in [-0.05, 0) is 38.0 Å². The highest BCUT2D eigenvalue weighted by Crippen LogP contribution is 2.24. The summed E-state index contributed by atoms with van der Waals surface area (Å²) in [7, 11) is 0. The molecule has 0 bridgehead atoms. The van der Waals surface area contributed by atoms with Gasteiger partial charge in [0.1, 0.15) is 0 Å². The van der Waals surface area contributed by atoms with Gasteiger partial charge in [-0.15, -0.1) is 0 Å². The average Bonchev–Trinajstić information content (AvgIpc) is 2.35. The molecule has 1 rings (SSSR count). The summed E-state index contributed by atoms with van der Waals surface area (Å²) >= 11 is 3.41. The highest BCUT2D eigenvalue weighted by Gasteiger charge is 2.22. The molecule has 0 saturated heterocycles. The first-order chi connectivity index (χ1) is 8.45. The first-order valence-electron chi connectivity index (χ1n) is 6.18. The molecule has 0 spiro atoms. The zero-order chi connectivity index (χ0) is 13.7. The smallest absolute Gasteiger partial charge is 0.317 e. The first kappa shape index (κ1) is 15.2. The molecule has 0 fully saturated rings. The van der Waals surface area contributed by atoms with E-state index >= 15 is 0 Å². The number of carboxylic acid groups (broad SMARTS) is 1. The Bertz CT molecular complexity index is 391. The predicted molar refractivity (Wildman–Crippen MR) is 76.7 cm³/mol. The average molecular weight is 314 g/mol. The maximum atomic E-state index is 11.0. The van der Waals surface area contributed by atoms with Crippen molar-refractivity contribution in [3.63, 3.8) is 0 Å². The van der Waals surface area contributed by atoms with Gasteiger partial charge in [0.15, 0.2) is 0 Å². The van der Waals surface area contributed by atoms with Crippen LogP contribution in [0.3, 0.4) is 0 Å². The second-order valence-corrected chi connectivity index (χ2v) is 5.47. The summed E-state index contributed by atoms with van der Waals surface area (Å²) < 4.78 is 1.03. The summed E-state index contributed by atoms with van der Waals surface area (Å²) in [5.74, 6) is -0.778. The van der Waals surface area contributed by atoms with Crippen LogP contribution in [0, 0.1) is 0 Å². The molecule has 0 heterocycles. The Balaban J connectivity index is 2.90. The number of halogens is 1. The Morgan fingerprint density at radius 2 is 1.89 bits per heavy atom. The van der Waals surface area contributed by atoms with Crippen molar-refractivity contribution in [2.45, 2.75) is 39.3 Å². The molecule has 1 aromatic rings. The van der Waals surface area contributed by atoms with Crippen LogP contribution >= 0.6 is 15.9 Å². The van der Waals surface area contributed by atoms with Gasteiger partial charge < -0.3 is 5.11 Å². The van der Waals surface area contributed by atoms with Crippen LogP contribution in [-0.2, 0) is 4.79 Å². The molecule has 0 saturated carbocycles. The Labute approximate surface area is 117 Å². The minimum atomic E-state index is -0.778. The fourth-order valence-electron chi connectivity index (χ4n) is 2.00. The van der Waals surface area contributed by atoms with Crippen molar-refractivity contribution in [1.82, 2.24) is 4.90 Å². The summed E-state index contributed by atoms with van der Waals surface area (Å²) in [6.07, 6.45) is 0.939. The Morgan fingerprint density at radius 3 is 2.33 bits per heavy atom. The van der Waals surface area contributed by atoms with Crippen LogP contribution in [0.2, 0.25) is 0 Å². The van der Waals surface area contributed by atoms with Crippen LogP contribution in [0.5, 0.6) is 0 Å². The van der Waals surface area contributed by atoms with Crippen LogP contribution in [-0.4, -0.2) is 28.6 Å². The number of nitrogens with zero attached hydrogens (tertiary/aromatic N) is 1. The third kappa shape index (κ3) is 4.10. The van der Waals surface area contributed by atoms with E-state index in [0.29, 0.717) is 0 Å². The zero-order valence-electron chi connectivity index (χ0n) is 11.1. The third-order valence-electron chi connectivity index (χ3n) is 3.32. The minimum Gasteiger partial charge on any atom is -0.480 e. The number of carbonyl (C=O) groups is 1. The summed E-state index contributed by atoms with van der Waals surface area (Å²) in [4.78, 5) is 13.0. The lowest BCUT2D eigenvalue weighted by atomic mass is 10.0. The van der Waals surface area contributed by atoms with E-state index in [4.69, 9.17) is 5.11 Å². The molecular weight excluding hydrogens is 294 g/mol. The van der Waals surface area contributed by atoms with Crippen molar-refractivity contribution in [3.05, 3.63) is 34.3 Å². The summed E-state index contributed by atoms with van der Waals surface area (Å²) in [6.45, 7) is 6.27. The summed E-state index contributed by atoms with van der Waals surface area (Å²) in [5.41, 5.74) is 1.14. The zero-order valence-corrected chi connectivity index (χ0v) is 12.6. The van der Waals surface area contributed by atoms with E-state index in [2.05, 4.69) is 36.7 Å². The van der Waals surface area contributed by atoms with Gasteiger partial charge >= 0.3 is 5.97 Å². The van der Waals surface area contributed by atoms with Gasteiger partial charge in [0.05, 0.1) is 6.54 Å². The molecule has 0 aliphatic rings. The molecule has 2 unspecified atom stereocenters. The van der Waals surface area contributed by atoms with E-state index in [9.17, 15) is 4.79 Å². The third-order valence-corrected chi connectivity index (χ3v) is 3.85. The van der Waals surface area contributed by atoms with Gasteiger partial charge in [-0.25, -0.2) is 0 Å². The number of aliphatic carboxylic acids is 1. The van der Waals surface area contributed by atoms with Crippen LogP contribution < -0.4 is 0 Å². The normalized spacial score (nSPS) is 14.5. The molecule has 3 nitrogen and oxygen atoms in total. The quantitative estimate of drug-likeness (QED) is 0.870. The largest absolute Gasteiger partial charge is 0.480 e. The molecule has 1 N–H and O–H groups in total. The van der Waals surface area contributed by atoms with Gasteiger partial charge in [0, 0.05) is 16.6 Å². The van der Waals surface area contributed by atoms with Gasteiger partial charge in [0.2, 0.25) is 0 Å². The van der Waals surface area contributed by atoms with E-state index < -0.39 is 5.97 Å². The van der Waals surface area contributed by atoms with E-state index in [1.807, 2.05) is 29.2 Å². The molecule has 0 amide bonds. The first-order valence-corrected chi connectivity index (χ1v) is 6.98. The second kappa shape index (κ2) is 6.90. The Hall–Kier alpha value is -0.870. The standard InChI is InChI=1S/C14H20BrNO2/c1-4-10(2)16(9-14(17)18)11(3)12-5-7-13(15)8-6-12/h5-8,10-11H,4,9H2,1-3H3,(H,17,18). The van der Waals surface area contributed by atoms with Crippen LogP contribution in [0.15, 0.2) is 28.7 Å². The molecule has 4 heteroatoms. The molecule has 0 radical (unpaired) electrons. The maximum absolute atomic E-state index is 11.0. The van der Waals surface area contributed by atoms with Crippen molar-refractivity contribution in [2.75, 3.05) is 6.54 Å². The molecule has 0 aromatic heterocycles. The van der Waals surface area contributed by atoms with Crippen molar-refractivity contribution in [2.24, 2.45) is 0 Å². The van der Waals surface area contributed by atoms with E-state index in [0.717, 1.165) is 16.5 Å². The van der Waals surface area contributed by atoms with E-state index in [-0.39, 0.29) is 18.6 Å². The number of carboxylic acids is 1. The fourth-order valence-corrected chi connectivity index (χ4v) is 2.26. The fraction of sp³-hybridized carbons (Fsp3) is 0.500. The number of benzene rings is 1. The molecule has 0 aliphatic heterocycles. The number of hydrogen-bond acceptors (Lipinski definition) is 2. The molecule has 2 atom stereocenters. The second-order valence-electron chi connectivity index (χ2n) is 4.55. The SMILES string of the molecule is CCC(C)N(CC(=O)O)C(C)c1ccc(Br)cc1. The number of hydrogen-bond donors (Lipinski definition) is 1. The van der Waals surface area contributed by atoms with Crippen LogP contribution in [0.25, 0.3) is 0 Å². The Morgan fingerprint density at radius 1 is 1.33 bits per heavy atom. The molecule has 0 aliphatic carbocycles. The van der Waals surface area contributed by atoms with Crippen molar-refractivity contribution in [1.29, 1.82) is 0 Å². The van der Waals surface area contributed by atoms with Crippen LogP contribution in [0.1, 0.15) is 38.8 Å². The topological polar surface area (TPSA) is 40.5 Å². The predicted octanol–water partition coefficient (Wildman–Crippen LogP) is 3.70. The van der Waals surface area contributed by atoms with E-state index in [1.54, 1.807) is 0 Å². The lowest BCUT2D eigenvalue weighted by molar-refractivity contribution is -0.139. The van der Waals surface area contributed by atoms with Crippen molar-refractivity contribution >= 4 is 21.9 Å². The van der Waals surface area contributed by atoms with Gasteiger partial charge in [-0.1, -0.05) is 35.0 Å². The van der Waals surface area contributed by atoms with Gasteiger partial charge in [0.25, 0.3) is 0 Å². The minimum absolute atomic E-state index is 0.0756. The highest BCUT2D eigenvalue weighted by molar-refractivity contribution is 9.10. The monoisotopic (exact) mass is 313 g/mol. The maximum Gasteiger partial charge on any atom is 0.317 e. The van der Waals surface area contributed by atoms with Crippen molar-refractivity contribution in [3.8, 4) is 0 Å². The molecule has 100 valence electrons. The van der Waals surface area contributed by atoms with Crippen LogP contribution in [0.4, 0.5) is 0 Å². The van der Waals surface area contributed by atoms with Gasteiger partial charge in [-0.3, -0.25) is 9.69 Å². The lowest BCUT2D eigenvalue weighted by Crippen LogP contribution is -2.39. The molecule has 18 heavy (non-hydrogen) atoms. The Kier molecular flexibility index (Phi) is 5.82. The number of rotatable bonds is 6. The summed E-state index contributed by atoms with van der Waals surface area (Å²) in [5, 5.41) is 9.02. The van der Waals surface area contributed by atoms with Gasteiger partial charge in [-0.2, -0.15) is 0 Å². The highest BCUT2D eigenvalue weighted by atomic mass is 79.9. The molecule has 1 aromatic carbocycles. The molecular formula is C14H20BrNO2. The lowest BCUT2D eigenvalue weighted by Gasteiger charge is -2.33. The summed E-state index contributed by atoms with van der Waals surface area (Å²) in [6, 6.07) is 8.39. The van der Waals surface area contributed by atoms with Crippen molar-refractivity contribution < 1.29 is 9.90 Å².